The summed E-state index contributed by atoms with van der Waals surface area (Å²) in [6.45, 7) is 0.390. The molecule has 0 saturated carbocycles. The molecule has 7 heteroatoms. The number of halogens is 4. The van der Waals surface area contributed by atoms with Crippen LogP contribution < -0.4 is 4.74 Å². The molecule has 0 radical (unpaired) electrons. The molecular weight excluding hydrogens is 656 g/mol. The first-order valence-corrected chi connectivity index (χ1v) is 13.0. The molecule has 0 spiro atoms. The van der Waals surface area contributed by atoms with Crippen molar-refractivity contribution in [3.8, 4) is 16.4 Å². The van der Waals surface area contributed by atoms with Gasteiger partial charge in [-0.05, 0) is 99.3 Å². The van der Waals surface area contributed by atoms with E-state index in [9.17, 15) is 13.9 Å². The van der Waals surface area contributed by atoms with Gasteiger partial charge in [0.25, 0.3) is 0 Å². The molecule has 0 aliphatic rings. The molecule has 5 rings (SSSR count). The molecular formula is C25H15F2I2O2S+. The van der Waals surface area contributed by atoms with E-state index >= 15 is 0 Å². The summed E-state index contributed by atoms with van der Waals surface area (Å²) in [5, 5.41) is 11.4. The molecule has 32 heavy (non-hydrogen) atoms. The number of thiophene rings is 1. The normalized spacial score (nSPS) is 11.4. The number of phenolic OH excluding ortho intramolecular Hbond substituents is 1. The Morgan fingerprint density at radius 1 is 0.750 bits per heavy atom. The Bertz CT molecular complexity index is 1400. The van der Waals surface area contributed by atoms with Gasteiger partial charge in [0.15, 0.2) is 14.3 Å². The first-order chi connectivity index (χ1) is 15.4. The van der Waals surface area contributed by atoms with Gasteiger partial charge in [0.2, 0.25) is 0 Å². The SMILES string of the molecule is Oc1c(I)cc(COc2ccc(-[s+]3c4ccc(F)cc4c4cc(F)ccc43)cc2)cc1I. The van der Waals surface area contributed by atoms with Crippen LogP contribution in [0.25, 0.3) is 25.1 Å². The van der Waals surface area contributed by atoms with E-state index in [0.717, 1.165) is 43.5 Å². The number of fused-ring (bicyclic) bond motifs is 3. The smallest absolute Gasteiger partial charge is 0.187 e. The van der Waals surface area contributed by atoms with Crippen LogP contribution in [0.15, 0.2) is 72.8 Å². The first-order valence-electron chi connectivity index (χ1n) is 9.64. The molecule has 2 nitrogen and oxygen atoms in total. The van der Waals surface area contributed by atoms with E-state index in [1.807, 2.05) is 36.4 Å². The lowest BCUT2D eigenvalue weighted by Gasteiger charge is -2.08. The molecule has 0 bridgehead atoms. The summed E-state index contributed by atoms with van der Waals surface area (Å²) < 4.78 is 37.3. The number of aromatic hydroxyl groups is 1. The highest BCUT2D eigenvalue weighted by Crippen LogP contribution is 2.48. The van der Waals surface area contributed by atoms with Gasteiger partial charge in [-0.3, -0.25) is 0 Å². The maximum atomic E-state index is 13.9. The van der Waals surface area contributed by atoms with Crippen LogP contribution >= 0.6 is 55.7 Å². The Balaban J connectivity index is 1.49. The van der Waals surface area contributed by atoms with E-state index in [4.69, 9.17) is 4.74 Å². The van der Waals surface area contributed by atoms with Gasteiger partial charge in [-0.1, -0.05) is 0 Å². The van der Waals surface area contributed by atoms with E-state index in [-0.39, 0.29) is 17.4 Å². The molecule has 1 aromatic heterocycles. The minimum Gasteiger partial charge on any atom is -0.506 e. The second-order valence-electron chi connectivity index (χ2n) is 7.26. The highest BCUT2D eigenvalue weighted by molar-refractivity contribution is 14.1. The minimum atomic E-state index is -0.433. The summed E-state index contributed by atoms with van der Waals surface area (Å²) in [5.74, 6) is 0.365. The van der Waals surface area contributed by atoms with Gasteiger partial charge in [0.1, 0.15) is 29.7 Å². The second-order valence-corrected chi connectivity index (χ2v) is 11.5. The summed E-state index contributed by atoms with van der Waals surface area (Å²) in [6.07, 6.45) is 0. The predicted molar refractivity (Wildman–Crippen MR) is 143 cm³/mol. The van der Waals surface area contributed by atoms with Crippen LogP contribution in [0.3, 0.4) is 0 Å². The summed E-state index contributed by atoms with van der Waals surface area (Å²) >= 11 is 4.21. The maximum absolute atomic E-state index is 13.9. The van der Waals surface area contributed by atoms with Crippen LogP contribution in [0.5, 0.6) is 11.5 Å². The van der Waals surface area contributed by atoms with E-state index in [2.05, 4.69) is 45.2 Å². The van der Waals surface area contributed by atoms with Crippen LogP contribution in [0, 0.1) is 18.8 Å². The number of hydrogen-bond acceptors (Lipinski definition) is 2. The highest BCUT2D eigenvalue weighted by atomic mass is 127. The zero-order valence-electron chi connectivity index (χ0n) is 16.4. The summed E-state index contributed by atoms with van der Waals surface area (Å²) in [5.41, 5.74) is 0.977. The van der Waals surface area contributed by atoms with Crippen LogP contribution in [-0.4, -0.2) is 5.11 Å². The third kappa shape index (κ3) is 4.06. The maximum Gasteiger partial charge on any atom is 0.187 e. The molecule has 0 atom stereocenters. The number of ether oxygens (including phenoxy) is 1. The predicted octanol–water partition coefficient (Wildman–Crippen LogP) is 8.50. The van der Waals surface area contributed by atoms with Crippen molar-refractivity contribution < 1.29 is 18.6 Å². The average Bonchev–Trinajstić information content (AvgIpc) is 3.09. The minimum absolute atomic E-state index is 0.289. The topological polar surface area (TPSA) is 29.5 Å². The Labute approximate surface area is 213 Å². The lowest BCUT2D eigenvalue weighted by Crippen LogP contribution is -1.97. The molecule has 0 amide bonds. The zero-order valence-corrected chi connectivity index (χ0v) is 21.5. The molecule has 0 saturated heterocycles. The van der Waals surface area contributed by atoms with Gasteiger partial charge in [-0.15, -0.1) is 0 Å². The second kappa shape index (κ2) is 8.75. The zero-order chi connectivity index (χ0) is 22.4. The molecule has 0 unspecified atom stereocenters. The van der Waals surface area contributed by atoms with Crippen molar-refractivity contribution in [3.05, 3.63) is 97.1 Å². The molecule has 5 aromatic rings. The fraction of sp³-hybridized carbons (Fsp3) is 0.0400. The summed E-state index contributed by atoms with van der Waals surface area (Å²) in [7, 11) is -0.433. The van der Waals surface area contributed by atoms with Gasteiger partial charge in [0, 0.05) is 34.7 Å². The Morgan fingerprint density at radius 3 is 1.81 bits per heavy atom. The van der Waals surface area contributed by atoms with Crippen molar-refractivity contribution in [2.75, 3.05) is 0 Å². The fourth-order valence-electron chi connectivity index (χ4n) is 3.69. The molecule has 0 aliphatic heterocycles. The molecule has 0 fully saturated rings. The molecule has 0 aliphatic carbocycles. The monoisotopic (exact) mass is 671 g/mol. The standard InChI is InChI=1S/C25H14F2I2O2S/c26-15-1-7-23-19(11-15)20-12-16(27)2-8-24(20)32(23)18-5-3-17(4-6-18)31-13-14-9-21(28)25(30)22(29)10-14/h1-12H,13H2/p+1. The van der Waals surface area contributed by atoms with Crippen molar-refractivity contribution in [2.45, 2.75) is 6.61 Å². The van der Waals surface area contributed by atoms with Crippen molar-refractivity contribution in [3.63, 3.8) is 0 Å². The highest BCUT2D eigenvalue weighted by Gasteiger charge is 2.24. The van der Waals surface area contributed by atoms with Gasteiger partial charge >= 0.3 is 0 Å². The fourth-order valence-corrected chi connectivity index (χ4v) is 7.93. The van der Waals surface area contributed by atoms with Crippen molar-refractivity contribution in [2.24, 2.45) is 0 Å². The number of rotatable bonds is 4. The van der Waals surface area contributed by atoms with Crippen molar-refractivity contribution in [1.29, 1.82) is 0 Å². The number of benzene rings is 4. The van der Waals surface area contributed by atoms with Crippen LogP contribution in [0.2, 0.25) is 0 Å². The van der Waals surface area contributed by atoms with E-state index < -0.39 is 10.5 Å². The first kappa shape index (κ1) is 21.8. The van der Waals surface area contributed by atoms with Crippen LogP contribution in [0.1, 0.15) is 5.56 Å². The van der Waals surface area contributed by atoms with Crippen molar-refractivity contribution in [1.82, 2.24) is 0 Å². The van der Waals surface area contributed by atoms with E-state index in [1.54, 1.807) is 12.1 Å². The Kier molecular flexibility index (Phi) is 5.98. The van der Waals surface area contributed by atoms with Crippen LogP contribution in [-0.2, 0) is 6.61 Å². The molecule has 1 N–H and O–H groups in total. The third-order valence-electron chi connectivity index (χ3n) is 5.15. The number of hydrogen-bond donors (Lipinski definition) is 1. The van der Waals surface area contributed by atoms with Crippen LogP contribution in [0.4, 0.5) is 8.78 Å². The van der Waals surface area contributed by atoms with E-state index in [1.165, 1.54) is 24.3 Å². The number of phenols is 1. The average molecular weight is 671 g/mol. The Hall–Kier alpha value is -1.98. The lowest BCUT2D eigenvalue weighted by molar-refractivity contribution is 0.306. The van der Waals surface area contributed by atoms with Gasteiger partial charge < -0.3 is 9.84 Å². The quantitative estimate of drug-likeness (QED) is 0.154. The van der Waals surface area contributed by atoms with Gasteiger partial charge in [-0.25, -0.2) is 8.78 Å². The largest absolute Gasteiger partial charge is 0.506 e. The third-order valence-corrected chi connectivity index (χ3v) is 9.13. The van der Waals surface area contributed by atoms with Crippen molar-refractivity contribution >= 4 is 75.8 Å². The lowest BCUT2D eigenvalue weighted by atomic mass is 10.1. The van der Waals surface area contributed by atoms with E-state index in [0.29, 0.717) is 6.61 Å². The Morgan fingerprint density at radius 2 is 1.28 bits per heavy atom. The summed E-state index contributed by atoms with van der Waals surface area (Å²) in [4.78, 5) is 1.06. The molecule has 160 valence electrons. The molecule has 4 aromatic carbocycles. The molecule has 1 heterocycles. The van der Waals surface area contributed by atoms with Gasteiger partial charge in [0.05, 0.1) is 17.9 Å². The summed E-state index contributed by atoms with van der Waals surface area (Å²) in [6, 6.07) is 21.1. The van der Waals surface area contributed by atoms with Gasteiger partial charge in [-0.2, -0.15) is 0 Å².